The molecule has 3 rings (SSSR count). The summed E-state index contributed by atoms with van der Waals surface area (Å²) in [6.07, 6.45) is 0. The molecule has 3 aromatic rings. The maximum absolute atomic E-state index is 12.7. The van der Waals surface area contributed by atoms with Crippen molar-refractivity contribution in [3.05, 3.63) is 61.7 Å². The van der Waals surface area contributed by atoms with Gasteiger partial charge in [0, 0.05) is 5.56 Å². The molecule has 6 nitrogen and oxygen atoms in total. The van der Waals surface area contributed by atoms with Crippen molar-refractivity contribution in [1.29, 1.82) is 0 Å². The minimum absolute atomic E-state index is 0.155. The number of aryl methyl sites for hydroxylation is 2. The minimum atomic E-state index is -0.450. The molecule has 0 bridgehead atoms. The van der Waals surface area contributed by atoms with Crippen molar-refractivity contribution < 1.29 is 9.32 Å². The first kappa shape index (κ1) is 18.8. The predicted molar refractivity (Wildman–Crippen MR) is 101 cm³/mol. The highest BCUT2D eigenvalue weighted by Gasteiger charge is 2.22. The molecule has 0 fully saturated rings. The van der Waals surface area contributed by atoms with Crippen LogP contribution in [0.15, 0.2) is 22.7 Å². The Morgan fingerprint density at radius 1 is 1.19 bits per heavy atom. The van der Waals surface area contributed by atoms with Gasteiger partial charge in [0.2, 0.25) is 0 Å². The Morgan fingerprint density at radius 2 is 1.92 bits per heavy atom. The van der Waals surface area contributed by atoms with E-state index < -0.39 is 5.91 Å². The molecule has 1 aromatic carbocycles. The van der Waals surface area contributed by atoms with E-state index in [1.807, 2.05) is 13.8 Å². The summed E-state index contributed by atoms with van der Waals surface area (Å²) in [4.78, 5) is 12.7. The van der Waals surface area contributed by atoms with Gasteiger partial charge in [0.1, 0.15) is 5.76 Å². The van der Waals surface area contributed by atoms with Crippen LogP contribution in [0, 0.1) is 20.8 Å². The van der Waals surface area contributed by atoms with Crippen molar-refractivity contribution in [1.82, 2.24) is 14.9 Å². The summed E-state index contributed by atoms with van der Waals surface area (Å²) in [5.41, 5.74) is 2.68. The molecule has 0 aliphatic rings. The van der Waals surface area contributed by atoms with Crippen LogP contribution in [0.5, 0.6) is 0 Å². The lowest BCUT2D eigenvalue weighted by molar-refractivity contribution is 0.101. The second-order valence-electron chi connectivity index (χ2n) is 5.76. The lowest BCUT2D eigenvalue weighted by atomic mass is 10.1. The summed E-state index contributed by atoms with van der Waals surface area (Å²) in [5.74, 6) is 0.0738. The second-order valence-corrected chi connectivity index (χ2v) is 6.93. The molecule has 0 aliphatic heterocycles. The highest BCUT2D eigenvalue weighted by molar-refractivity contribution is 6.44. The number of carbonyl (C=O) groups excluding carboxylic acids is 1. The lowest BCUT2D eigenvalue weighted by Gasteiger charge is -2.08. The van der Waals surface area contributed by atoms with Gasteiger partial charge >= 0.3 is 0 Å². The third-order valence-electron chi connectivity index (χ3n) is 4.00. The molecule has 2 heterocycles. The van der Waals surface area contributed by atoms with Crippen LogP contribution >= 0.6 is 34.8 Å². The average molecular weight is 414 g/mol. The number of nitrogens with zero attached hydrogens (tertiary/aromatic N) is 3. The molecule has 0 spiro atoms. The number of nitrogens with one attached hydrogen (secondary N) is 1. The van der Waals surface area contributed by atoms with Gasteiger partial charge in [-0.05, 0) is 32.9 Å². The van der Waals surface area contributed by atoms with Gasteiger partial charge in [-0.25, -0.2) is 0 Å². The van der Waals surface area contributed by atoms with Crippen LogP contribution in [0.3, 0.4) is 0 Å². The monoisotopic (exact) mass is 412 g/mol. The zero-order chi connectivity index (χ0) is 19.0. The summed E-state index contributed by atoms with van der Waals surface area (Å²) >= 11 is 18.3. The molecule has 2 aromatic heterocycles. The molecule has 0 saturated heterocycles. The average Bonchev–Trinajstić information content (AvgIpc) is 3.08. The normalized spacial score (nSPS) is 11.0. The molecule has 26 heavy (non-hydrogen) atoms. The Morgan fingerprint density at radius 3 is 2.58 bits per heavy atom. The van der Waals surface area contributed by atoms with Crippen molar-refractivity contribution in [2.75, 3.05) is 5.32 Å². The zero-order valence-corrected chi connectivity index (χ0v) is 16.5. The first-order chi connectivity index (χ1) is 12.3. The van der Waals surface area contributed by atoms with Crippen molar-refractivity contribution in [3.63, 3.8) is 0 Å². The van der Waals surface area contributed by atoms with E-state index in [1.54, 1.807) is 29.8 Å². The molecule has 1 amide bonds. The standard InChI is InChI=1S/C17H15Cl3N4O2/c1-8-14(19)9(2)24(22-8)7-11-10(3)26-23-16(11)17(25)21-13-6-4-5-12(18)15(13)20/h4-6H,7H2,1-3H3,(H,21,25). The summed E-state index contributed by atoms with van der Waals surface area (Å²) in [6.45, 7) is 5.72. The molecule has 1 N–H and O–H groups in total. The highest BCUT2D eigenvalue weighted by Crippen LogP contribution is 2.30. The number of anilines is 1. The van der Waals surface area contributed by atoms with Gasteiger partial charge in [-0.3, -0.25) is 9.48 Å². The summed E-state index contributed by atoms with van der Waals surface area (Å²) in [7, 11) is 0. The number of halogens is 3. The van der Waals surface area contributed by atoms with Crippen molar-refractivity contribution in [2.45, 2.75) is 27.3 Å². The van der Waals surface area contributed by atoms with E-state index in [1.165, 1.54) is 0 Å². The number of rotatable bonds is 4. The van der Waals surface area contributed by atoms with E-state index in [2.05, 4.69) is 15.6 Å². The van der Waals surface area contributed by atoms with Crippen LogP contribution < -0.4 is 5.32 Å². The van der Waals surface area contributed by atoms with E-state index >= 15 is 0 Å². The van der Waals surface area contributed by atoms with Gasteiger partial charge in [-0.1, -0.05) is 46.0 Å². The van der Waals surface area contributed by atoms with Gasteiger partial charge in [0.05, 0.1) is 38.7 Å². The molecule has 0 atom stereocenters. The van der Waals surface area contributed by atoms with Crippen LogP contribution in [-0.4, -0.2) is 20.8 Å². The Kier molecular flexibility index (Phi) is 5.27. The van der Waals surface area contributed by atoms with Crippen molar-refractivity contribution >= 4 is 46.4 Å². The lowest BCUT2D eigenvalue weighted by Crippen LogP contribution is -2.16. The third kappa shape index (κ3) is 3.45. The zero-order valence-electron chi connectivity index (χ0n) is 14.2. The molecule has 0 unspecified atom stereocenters. The highest BCUT2D eigenvalue weighted by atomic mass is 35.5. The number of aromatic nitrogens is 3. The SMILES string of the molecule is Cc1nn(Cc2c(C(=O)Nc3cccc(Cl)c3Cl)noc2C)c(C)c1Cl. The van der Waals surface area contributed by atoms with Crippen LogP contribution in [0.25, 0.3) is 0 Å². The topological polar surface area (TPSA) is 73.0 Å². The van der Waals surface area contributed by atoms with E-state index in [9.17, 15) is 4.79 Å². The smallest absolute Gasteiger partial charge is 0.278 e. The molecular weight excluding hydrogens is 399 g/mol. The van der Waals surface area contributed by atoms with Crippen molar-refractivity contribution in [2.24, 2.45) is 0 Å². The predicted octanol–water partition coefficient (Wildman–Crippen LogP) is 5.06. The number of amides is 1. The Bertz CT molecular complexity index is 994. The van der Waals surface area contributed by atoms with Gasteiger partial charge in [0.25, 0.3) is 5.91 Å². The number of hydrogen-bond donors (Lipinski definition) is 1. The quantitative estimate of drug-likeness (QED) is 0.649. The Labute approximate surface area is 165 Å². The fraction of sp³-hybridized carbons (Fsp3) is 0.235. The van der Waals surface area contributed by atoms with Crippen molar-refractivity contribution in [3.8, 4) is 0 Å². The Balaban J connectivity index is 1.91. The van der Waals surface area contributed by atoms with Crippen LogP contribution in [-0.2, 0) is 6.54 Å². The van der Waals surface area contributed by atoms with Gasteiger partial charge in [-0.2, -0.15) is 5.10 Å². The van der Waals surface area contributed by atoms with Crippen LogP contribution in [0.1, 0.15) is 33.2 Å². The third-order valence-corrected chi connectivity index (χ3v) is 5.37. The molecule has 9 heteroatoms. The summed E-state index contributed by atoms with van der Waals surface area (Å²) < 4.78 is 6.92. The Hall–Kier alpha value is -2.02. The minimum Gasteiger partial charge on any atom is -0.361 e. The summed E-state index contributed by atoms with van der Waals surface area (Å²) in [6, 6.07) is 4.98. The summed E-state index contributed by atoms with van der Waals surface area (Å²) in [5, 5.41) is 12.2. The molecule has 136 valence electrons. The number of benzene rings is 1. The van der Waals surface area contributed by atoms with Gasteiger partial charge in [-0.15, -0.1) is 0 Å². The maximum Gasteiger partial charge on any atom is 0.278 e. The largest absolute Gasteiger partial charge is 0.361 e. The van der Waals surface area contributed by atoms with Gasteiger partial charge in [0.15, 0.2) is 5.69 Å². The number of hydrogen-bond acceptors (Lipinski definition) is 4. The fourth-order valence-electron chi connectivity index (χ4n) is 2.52. The van der Waals surface area contributed by atoms with Gasteiger partial charge < -0.3 is 9.84 Å². The van der Waals surface area contributed by atoms with E-state index in [-0.39, 0.29) is 10.7 Å². The molecule has 0 radical (unpaired) electrons. The molecule has 0 saturated carbocycles. The van der Waals surface area contributed by atoms with Crippen LogP contribution in [0.4, 0.5) is 5.69 Å². The van der Waals surface area contributed by atoms with Crippen LogP contribution in [0.2, 0.25) is 15.1 Å². The molecule has 0 aliphatic carbocycles. The molecular formula is C17H15Cl3N4O2. The first-order valence-electron chi connectivity index (χ1n) is 7.69. The fourth-order valence-corrected chi connectivity index (χ4v) is 3.00. The van der Waals surface area contributed by atoms with E-state index in [0.29, 0.717) is 33.6 Å². The maximum atomic E-state index is 12.7. The van der Waals surface area contributed by atoms with E-state index in [4.69, 9.17) is 39.3 Å². The number of carbonyl (C=O) groups is 1. The first-order valence-corrected chi connectivity index (χ1v) is 8.83. The van der Waals surface area contributed by atoms with E-state index in [0.717, 1.165) is 11.4 Å². The second kappa shape index (κ2) is 7.31.